The van der Waals surface area contributed by atoms with Crippen LogP contribution in [0.5, 0.6) is 0 Å². The van der Waals surface area contributed by atoms with E-state index < -0.39 is 10.0 Å². The number of azo groups is 1. The normalized spacial score (nSPS) is 11.8. The molecule has 3 rings (SSSR count). The van der Waals surface area contributed by atoms with Crippen LogP contribution in [0.3, 0.4) is 0 Å². The topological polar surface area (TPSA) is 158 Å². The number of aliphatic hydroxyl groups is 1. The number of aryl methyl sites for hydroxylation is 1. The molecule has 0 aliphatic heterocycles. The zero-order chi connectivity index (χ0) is 21.6. The minimum atomic E-state index is -3.72. The van der Waals surface area contributed by atoms with Gasteiger partial charge < -0.3 is 16.2 Å². The molecule has 0 aliphatic carbocycles. The number of hydrogen-bond donors (Lipinski definition) is 5. The summed E-state index contributed by atoms with van der Waals surface area (Å²) in [5.74, 6) is 0.576. The van der Waals surface area contributed by atoms with Gasteiger partial charge in [-0.3, -0.25) is 5.10 Å². The molecule has 1 aromatic heterocycles. The molecular weight excluding hydrogens is 406 g/mol. The second-order valence-corrected chi connectivity index (χ2v) is 8.32. The molecule has 30 heavy (non-hydrogen) atoms. The third-order valence-corrected chi connectivity index (χ3v) is 5.51. The maximum Gasteiger partial charge on any atom is 0.240 e. The number of nitrogens with two attached hydrogens (primary N) is 1. The number of nitrogen functional groups attached to an aromatic ring is 1. The maximum absolute atomic E-state index is 12.2. The Morgan fingerprint density at radius 1 is 1.20 bits per heavy atom. The van der Waals surface area contributed by atoms with E-state index in [2.05, 4.69) is 30.5 Å². The van der Waals surface area contributed by atoms with Crippen molar-refractivity contribution in [2.45, 2.75) is 18.4 Å². The first kappa shape index (κ1) is 21.4. The minimum absolute atomic E-state index is 0.0370. The summed E-state index contributed by atoms with van der Waals surface area (Å²) in [7, 11) is -3.72. The van der Waals surface area contributed by atoms with E-state index in [0.717, 1.165) is 11.1 Å². The van der Waals surface area contributed by atoms with Gasteiger partial charge in [-0.1, -0.05) is 12.1 Å². The maximum atomic E-state index is 12.2. The van der Waals surface area contributed by atoms with Crippen molar-refractivity contribution in [3.8, 4) is 0 Å². The molecule has 0 aliphatic rings. The van der Waals surface area contributed by atoms with E-state index >= 15 is 0 Å². The molecule has 0 saturated carbocycles. The molecule has 0 atom stereocenters. The summed E-state index contributed by atoms with van der Waals surface area (Å²) in [6, 6.07) is 11.8. The molecule has 158 valence electrons. The molecule has 0 amide bonds. The number of anilines is 2. The lowest BCUT2D eigenvalue weighted by Gasteiger charge is -2.07. The van der Waals surface area contributed by atoms with Crippen LogP contribution in [-0.4, -0.2) is 36.9 Å². The van der Waals surface area contributed by atoms with E-state index in [1.54, 1.807) is 12.1 Å². The fourth-order valence-corrected chi connectivity index (χ4v) is 3.82. The monoisotopic (exact) mass is 429 g/mol. The van der Waals surface area contributed by atoms with Gasteiger partial charge in [0.15, 0.2) is 0 Å². The van der Waals surface area contributed by atoms with Gasteiger partial charge in [-0.25, -0.2) is 13.1 Å². The summed E-state index contributed by atoms with van der Waals surface area (Å²) in [5, 5.41) is 27.1. The quantitative estimate of drug-likeness (QED) is 0.260. The van der Waals surface area contributed by atoms with Gasteiger partial charge in [-0.05, 0) is 48.4 Å². The average Bonchev–Trinajstić information content (AvgIpc) is 3.16. The number of aliphatic hydroxyl groups excluding tert-OH is 1. The van der Waals surface area contributed by atoms with E-state index in [9.17, 15) is 8.42 Å². The summed E-state index contributed by atoms with van der Waals surface area (Å²) in [5.41, 5.74) is 9.49. The van der Waals surface area contributed by atoms with Crippen LogP contribution in [-0.2, 0) is 16.6 Å². The van der Waals surface area contributed by atoms with E-state index in [1.807, 2.05) is 25.1 Å². The summed E-state index contributed by atoms with van der Waals surface area (Å²) in [6.45, 7) is 2.14. The van der Waals surface area contributed by atoms with Crippen molar-refractivity contribution < 1.29 is 13.5 Å². The molecule has 6 N–H and O–H groups in total. The summed E-state index contributed by atoms with van der Waals surface area (Å²) < 4.78 is 26.6. The Morgan fingerprint density at radius 2 is 2.03 bits per heavy atom. The number of aromatic nitrogens is 2. The van der Waals surface area contributed by atoms with Crippen molar-refractivity contribution in [3.05, 3.63) is 59.8 Å². The number of benzene rings is 2. The molecule has 11 heteroatoms. The van der Waals surface area contributed by atoms with Crippen LogP contribution in [0.25, 0.3) is 0 Å². The van der Waals surface area contributed by atoms with Gasteiger partial charge in [0, 0.05) is 18.8 Å². The van der Waals surface area contributed by atoms with Crippen molar-refractivity contribution in [2.75, 3.05) is 24.2 Å². The molecule has 2 aromatic carbocycles. The predicted octanol–water partition coefficient (Wildman–Crippen LogP) is 2.60. The minimum Gasteiger partial charge on any atom is -0.399 e. The Hall–Kier alpha value is -3.28. The molecule has 10 nitrogen and oxygen atoms in total. The average molecular weight is 430 g/mol. The Bertz CT molecular complexity index is 1120. The Labute approximate surface area is 174 Å². The standard InChI is InChI=1S/C19H23N7O3S/c1-13-7-14(9-15(20)8-13)11-21-19-18(12-22-26-19)25-24-16-3-2-4-17(10-16)30(28,29)23-5-6-27/h2-4,7-10,12,23,27H,5-6,11,20H2,1H3,(H2,21,22,26). The van der Waals surface area contributed by atoms with Gasteiger partial charge in [0.1, 0.15) is 11.5 Å². The third-order valence-electron chi connectivity index (χ3n) is 4.05. The molecular formula is C19H23N7O3S. The van der Waals surface area contributed by atoms with Gasteiger partial charge in [-0.15, -0.1) is 5.11 Å². The lowest BCUT2D eigenvalue weighted by Crippen LogP contribution is -2.26. The zero-order valence-corrected chi connectivity index (χ0v) is 17.1. The van der Waals surface area contributed by atoms with E-state index in [4.69, 9.17) is 10.8 Å². The fraction of sp³-hybridized carbons (Fsp3) is 0.211. The fourth-order valence-electron chi connectivity index (χ4n) is 2.76. The number of nitrogens with zero attached hydrogens (tertiary/aromatic N) is 3. The Balaban J connectivity index is 1.72. The number of aromatic amines is 1. The lowest BCUT2D eigenvalue weighted by molar-refractivity contribution is 0.301. The van der Waals surface area contributed by atoms with E-state index in [0.29, 0.717) is 29.4 Å². The number of sulfonamides is 1. The number of nitrogens with one attached hydrogen (secondary N) is 3. The second kappa shape index (κ2) is 9.48. The molecule has 0 saturated heterocycles. The Morgan fingerprint density at radius 3 is 2.80 bits per heavy atom. The highest BCUT2D eigenvalue weighted by Gasteiger charge is 2.13. The smallest absolute Gasteiger partial charge is 0.240 e. The highest BCUT2D eigenvalue weighted by molar-refractivity contribution is 7.89. The Kier molecular flexibility index (Phi) is 6.77. The molecule has 1 heterocycles. The predicted molar refractivity (Wildman–Crippen MR) is 114 cm³/mol. The molecule has 3 aromatic rings. The van der Waals surface area contributed by atoms with E-state index in [-0.39, 0.29) is 18.0 Å². The highest BCUT2D eigenvalue weighted by Crippen LogP contribution is 2.26. The van der Waals surface area contributed by atoms with Crippen molar-refractivity contribution in [2.24, 2.45) is 10.2 Å². The van der Waals surface area contributed by atoms with Crippen LogP contribution in [0.2, 0.25) is 0 Å². The van der Waals surface area contributed by atoms with Crippen LogP contribution in [0.1, 0.15) is 11.1 Å². The highest BCUT2D eigenvalue weighted by atomic mass is 32.2. The summed E-state index contributed by atoms with van der Waals surface area (Å²) >= 11 is 0. The molecule has 0 bridgehead atoms. The van der Waals surface area contributed by atoms with Gasteiger partial charge in [0.2, 0.25) is 10.0 Å². The van der Waals surface area contributed by atoms with Gasteiger partial charge >= 0.3 is 0 Å². The molecule has 0 fully saturated rings. The first-order valence-electron chi connectivity index (χ1n) is 9.13. The SMILES string of the molecule is Cc1cc(N)cc(CNc2[nH]ncc2N=Nc2cccc(S(=O)(=O)NCCO)c2)c1. The molecule has 0 radical (unpaired) electrons. The number of rotatable bonds is 9. The van der Waals surface area contributed by atoms with Crippen molar-refractivity contribution in [1.82, 2.24) is 14.9 Å². The van der Waals surface area contributed by atoms with Crippen molar-refractivity contribution >= 4 is 32.9 Å². The van der Waals surface area contributed by atoms with Gasteiger partial charge in [0.05, 0.1) is 23.4 Å². The van der Waals surface area contributed by atoms with Crippen molar-refractivity contribution in [1.29, 1.82) is 0 Å². The van der Waals surface area contributed by atoms with Crippen LogP contribution >= 0.6 is 0 Å². The second-order valence-electron chi connectivity index (χ2n) is 6.55. The summed E-state index contributed by atoms with van der Waals surface area (Å²) in [4.78, 5) is 0.0370. The van der Waals surface area contributed by atoms with Crippen LogP contribution in [0.4, 0.5) is 22.9 Å². The van der Waals surface area contributed by atoms with Gasteiger partial charge in [0.25, 0.3) is 0 Å². The third kappa shape index (κ3) is 5.63. The molecule has 0 spiro atoms. The van der Waals surface area contributed by atoms with E-state index in [1.165, 1.54) is 18.3 Å². The summed E-state index contributed by atoms with van der Waals surface area (Å²) in [6.07, 6.45) is 1.51. The molecule has 0 unspecified atom stereocenters. The van der Waals surface area contributed by atoms with Crippen molar-refractivity contribution in [3.63, 3.8) is 0 Å². The zero-order valence-electron chi connectivity index (χ0n) is 16.3. The number of hydrogen-bond acceptors (Lipinski definition) is 8. The largest absolute Gasteiger partial charge is 0.399 e. The lowest BCUT2D eigenvalue weighted by atomic mass is 10.1. The van der Waals surface area contributed by atoms with Gasteiger partial charge in [-0.2, -0.15) is 10.2 Å². The number of H-pyrrole nitrogens is 1. The first-order chi connectivity index (χ1) is 14.4. The first-order valence-corrected chi connectivity index (χ1v) is 10.6. The van der Waals surface area contributed by atoms with Crippen LogP contribution in [0.15, 0.2) is 63.8 Å². The van der Waals surface area contributed by atoms with Crippen LogP contribution in [0, 0.1) is 6.92 Å². The van der Waals surface area contributed by atoms with Crippen LogP contribution < -0.4 is 15.8 Å².